The number of hydrogen-bond donors (Lipinski definition) is 4. The quantitative estimate of drug-likeness (QED) is 0.258. The fourth-order valence-corrected chi connectivity index (χ4v) is 12.5. The molecule has 42 heavy (non-hydrogen) atoms. The van der Waals surface area contributed by atoms with Gasteiger partial charge in [-0.25, -0.2) is 8.37 Å². The van der Waals surface area contributed by atoms with Crippen LogP contribution in [-0.2, 0) is 29.2 Å². The van der Waals surface area contributed by atoms with Gasteiger partial charge in [0.1, 0.15) is 12.2 Å². The van der Waals surface area contributed by atoms with Crippen LogP contribution in [0.25, 0.3) is 0 Å². The lowest BCUT2D eigenvalue weighted by atomic mass is 9.44. The SMILES string of the molecule is CC(C)C1(CCC(C)(O)C2C(O)CC3C4CCC5CC(OS(=O)(=O)O)C(OS(=O)(=O)O)CC5(C)C4CCC32C)CC1C. The minimum Gasteiger partial charge on any atom is -0.393 e. The summed E-state index contributed by atoms with van der Waals surface area (Å²) in [5, 5.41) is 23.6. The third-order valence-electron chi connectivity index (χ3n) is 13.6. The molecule has 0 heterocycles. The van der Waals surface area contributed by atoms with E-state index in [9.17, 15) is 36.2 Å². The van der Waals surface area contributed by atoms with Crippen molar-refractivity contribution in [1.82, 2.24) is 0 Å². The minimum atomic E-state index is -4.90. The van der Waals surface area contributed by atoms with Crippen molar-refractivity contribution in [3.63, 3.8) is 0 Å². The van der Waals surface area contributed by atoms with Crippen LogP contribution in [0.2, 0.25) is 0 Å². The van der Waals surface area contributed by atoms with Gasteiger partial charge in [-0.2, -0.15) is 16.8 Å². The predicted octanol–water partition coefficient (Wildman–Crippen LogP) is 4.82. The smallest absolute Gasteiger partial charge is 0.393 e. The average molecular weight is 637 g/mol. The standard InChI is InChI=1S/C30H52O10S2/c1-17(2)30(15-18(30)3)12-11-29(6,32)26-23(31)14-22-20-8-7-19-13-24(39-41(33,34)35)25(40-42(36,37)38)16-28(19,5)21(20)9-10-27(22,26)4/h17-26,31-32H,7-16H2,1-6H3,(H,33,34,35)(H,36,37,38). The van der Waals surface area contributed by atoms with E-state index in [0.29, 0.717) is 24.7 Å². The normalized spacial score (nSPS) is 48.7. The third-order valence-corrected chi connectivity index (χ3v) is 14.6. The molecule has 244 valence electrons. The first kappa shape index (κ1) is 33.0. The highest BCUT2D eigenvalue weighted by atomic mass is 32.3. The molecule has 13 unspecified atom stereocenters. The van der Waals surface area contributed by atoms with Crippen molar-refractivity contribution in [2.75, 3.05) is 0 Å². The third kappa shape index (κ3) is 5.74. The van der Waals surface area contributed by atoms with Gasteiger partial charge in [0.2, 0.25) is 0 Å². The molecule has 4 N–H and O–H groups in total. The van der Waals surface area contributed by atoms with E-state index in [4.69, 9.17) is 8.37 Å². The van der Waals surface area contributed by atoms with Gasteiger partial charge in [0, 0.05) is 5.92 Å². The van der Waals surface area contributed by atoms with E-state index in [0.717, 1.165) is 32.1 Å². The molecular formula is C30H52O10S2. The molecule has 0 aliphatic heterocycles. The Hall–Kier alpha value is -0.340. The second kappa shape index (κ2) is 10.6. The second-order valence-corrected chi connectivity index (χ2v) is 18.0. The summed E-state index contributed by atoms with van der Waals surface area (Å²) >= 11 is 0. The molecule has 0 amide bonds. The number of hydrogen-bond acceptors (Lipinski definition) is 8. The lowest BCUT2D eigenvalue weighted by Gasteiger charge is -2.62. The summed E-state index contributed by atoms with van der Waals surface area (Å²) in [6, 6.07) is 0. The van der Waals surface area contributed by atoms with Crippen LogP contribution in [0.15, 0.2) is 0 Å². The van der Waals surface area contributed by atoms with Gasteiger partial charge in [-0.15, -0.1) is 0 Å². The fourth-order valence-electron chi connectivity index (χ4n) is 11.5. The van der Waals surface area contributed by atoms with Crippen molar-refractivity contribution < 1.29 is 44.5 Å². The average Bonchev–Trinajstić information content (AvgIpc) is 3.40. The van der Waals surface area contributed by atoms with Crippen LogP contribution < -0.4 is 0 Å². The molecule has 5 fully saturated rings. The summed E-state index contributed by atoms with van der Waals surface area (Å²) in [6.07, 6.45) is 3.94. The molecule has 0 spiro atoms. The van der Waals surface area contributed by atoms with Crippen LogP contribution in [0.4, 0.5) is 0 Å². The van der Waals surface area contributed by atoms with Gasteiger partial charge < -0.3 is 10.2 Å². The Bertz CT molecular complexity index is 1250. The Kier molecular flexibility index (Phi) is 8.34. The van der Waals surface area contributed by atoms with Gasteiger partial charge in [-0.05, 0) is 123 Å². The van der Waals surface area contributed by atoms with Crippen LogP contribution in [0.5, 0.6) is 0 Å². The summed E-state index contributed by atoms with van der Waals surface area (Å²) in [6.45, 7) is 13.1. The van der Waals surface area contributed by atoms with E-state index in [-0.39, 0.29) is 53.3 Å². The monoisotopic (exact) mass is 636 g/mol. The topological polar surface area (TPSA) is 168 Å². The summed E-state index contributed by atoms with van der Waals surface area (Å²) < 4.78 is 75.1. The summed E-state index contributed by atoms with van der Waals surface area (Å²) in [4.78, 5) is 0. The molecule has 0 saturated heterocycles. The zero-order valence-electron chi connectivity index (χ0n) is 25.9. The van der Waals surface area contributed by atoms with Crippen molar-refractivity contribution in [1.29, 1.82) is 0 Å². The zero-order valence-corrected chi connectivity index (χ0v) is 27.5. The highest BCUT2D eigenvalue weighted by molar-refractivity contribution is 7.81. The maximum atomic E-state index is 12.0. The highest BCUT2D eigenvalue weighted by Gasteiger charge is 2.66. The zero-order chi connectivity index (χ0) is 31.3. The number of aliphatic hydroxyl groups excluding tert-OH is 1. The highest BCUT2D eigenvalue weighted by Crippen LogP contribution is 2.69. The van der Waals surface area contributed by atoms with Crippen molar-refractivity contribution in [3.8, 4) is 0 Å². The number of fused-ring (bicyclic) bond motifs is 5. The molecule has 0 radical (unpaired) electrons. The molecule has 0 aromatic carbocycles. The molecule has 12 heteroatoms. The predicted molar refractivity (Wildman–Crippen MR) is 156 cm³/mol. The van der Waals surface area contributed by atoms with Crippen molar-refractivity contribution in [3.05, 3.63) is 0 Å². The lowest BCUT2D eigenvalue weighted by molar-refractivity contribution is -0.164. The van der Waals surface area contributed by atoms with Crippen molar-refractivity contribution in [2.24, 2.45) is 57.7 Å². The molecule has 0 bridgehead atoms. The molecular weight excluding hydrogens is 584 g/mol. The first-order chi connectivity index (χ1) is 19.1. The molecule has 5 aliphatic rings. The van der Waals surface area contributed by atoms with Crippen LogP contribution in [0.3, 0.4) is 0 Å². The first-order valence-corrected chi connectivity index (χ1v) is 18.6. The minimum absolute atomic E-state index is 0.00842. The molecule has 0 aromatic rings. The fraction of sp³-hybridized carbons (Fsp3) is 1.00. The van der Waals surface area contributed by atoms with E-state index >= 15 is 0 Å². The van der Waals surface area contributed by atoms with Gasteiger partial charge in [0.25, 0.3) is 0 Å². The second-order valence-electron chi connectivity index (χ2n) is 15.9. The molecule has 13 atom stereocenters. The Morgan fingerprint density at radius 1 is 0.905 bits per heavy atom. The Balaban J connectivity index is 1.37. The molecule has 10 nitrogen and oxygen atoms in total. The number of rotatable bonds is 9. The van der Waals surface area contributed by atoms with E-state index < -0.39 is 50.1 Å². The first-order valence-electron chi connectivity index (χ1n) is 15.8. The molecule has 5 rings (SSSR count). The van der Waals surface area contributed by atoms with Gasteiger partial charge in [-0.1, -0.05) is 34.6 Å². The molecule has 0 aromatic heterocycles. The maximum Gasteiger partial charge on any atom is 0.397 e. The largest absolute Gasteiger partial charge is 0.397 e. The van der Waals surface area contributed by atoms with Gasteiger partial charge >= 0.3 is 20.8 Å². The number of aliphatic hydroxyl groups is 2. The Morgan fingerprint density at radius 3 is 2.05 bits per heavy atom. The van der Waals surface area contributed by atoms with E-state index in [1.165, 1.54) is 6.42 Å². The lowest BCUT2D eigenvalue weighted by Crippen LogP contribution is -2.58. The summed E-state index contributed by atoms with van der Waals surface area (Å²) in [5.74, 6) is 1.58. The summed E-state index contributed by atoms with van der Waals surface area (Å²) in [5.41, 5.74) is -1.39. The Labute approximate surface area is 252 Å². The van der Waals surface area contributed by atoms with Crippen LogP contribution in [-0.4, -0.2) is 60.1 Å². The van der Waals surface area contributed by atoms with Crippen molar-refractivity contribution >= 4 is 20.8 Å². The van der Waals surface area contributed by atoms with E-state index in [2.05, 4.69) is 34.6 Å². The van der Waals surface area contributed by atoms with Gasteiger partial charge in [0.15, 0.2) is 0 Å². The molecule has 5 aliphatic carbocycles. The van der Waals surface area contributed by atoms with E-state index in [1.54, 1.807) is 0 Å². The summed E-state index contributed by atoms with van der Waals surface area (Å²) in [7, 11) is -9.76. The Morgan fingerprint density at radius 2 is 1.50 bits per heavy atom. The molecule has 5 saturated carbocycles. The van der Waals surface area contributed by atoms with Crippen molar-refractivity contribution in [2.45, 2.75) is 130 Å². The van der Waals surface area contributed by atoms with Crippen LogP contribution in [0, 0.1) is 57.7 Å². The van der Waals surface area contributed by atoms with Crippen LogP contribution >= 0.6 is 0 Å². The van der Waals surface area contributed by atoms with Gasteiger partial charge in [0.05, 0.1) is 11.7 Å². The van der Waals surface area contributed by atoms with Crippen LogP contribution in [0.1, 0.15) is 106 Å². The maximum absolute atomic E-state index is 12.0. The van der Waals surface area contributed by atoms with Gasteiger partial charge in [-0.3, -0.25) is 9.11 Å². The van der Waals surface area contributed by atoms with E-state index in [1.807, 2.05) is 6.92 Å².